The van der Waals surface area contributed by atoms with Crippen molar-refractivity contribution in [1.82, 2.24) is 4.90 Å². The lowest BCUT2D eigenvalue weighted by Gasteiger charge is -2.34. The second-order valence-electron chi connectivity index (χ2n) is 5.49. The van der Waals surface area contributed by atoms with Gasteiger partial charge in [-0.2, -0.15) is 0 Å². The van der Waals surface area contributed by atoms with Gasteiger partial charge in [0.1, 0.15) is 0 Å². The standard InChI is InChI=1S/C16H21IN2O3/c1-2-15(20)19(14-8-4-3-5-9-14)12-13-7-6-10-18(11-13)16(21)22-17/h3-5,8-9,13H,2,6-7,10-12H2,1H3. The van der Waals surface area contributed by atoms with Gasteiger partial charge in [-0.05, 0) is 30.9 Å². The fraction of sp³-hybridized carbons (Fsp3) is 0.500. The number of carbonyl (C=O) groups excluding carboxylic acids is 2. The van der Waals surface area contributed by atoms with Gasteiger partial charge in [-0.3, -0.25) is 4.79 Å². The van der Waals surface area contributed by atoms with Gasteiger partial charge < -0.3 is 12.9 Å². The second-order valence-corrected chi connectivity index (χ2v) is 5.93. The van der Waals surface area contributed by atoms with E-state index in [0.29, 0.717) is 19.5 Å². The molecule has 0 spiro atoms. The largest absolute Gasteiger partial charge is 0.419 e. The van der Waals surface area contributed by atoms with E-state index in [-0.39, 0.29) is 17.9 Å². The summed E-state index contributed by atoms with van der Waals surface area (Å²) in [6, 6.07) is 9.72. The third-order valence-corrected chi connectivity index (χ3v) is 4.33. The third kappa shape index (κ3) is 4.34. The molecule has 1 aliphatic rings. The number of hydrogen-bond acceptors (Lipinski definition) is 3. The van der Waals surface area contributed by atoms with E-state index in [1.165, 1.54) is 0 Å². The zero-order valence-corrected chi connectivity index (χ0v) is 14.9. The van der Waals surface area contributed by atoms with Crippen LogP contribution in [0, 0.1) is 5.92 Å². The fourth-order valence-corrected chi connectivity index (χ4v) is 3.12. The monoisotopic (exact) mass is 416 g/mol. The van der Waals surface area contributed by atoms with E-state index in [2.05, 4.69) is 0 Å². The Bertz CT molecular complexity index is 509. The van der Waals surface area contributed by atoms with Crippen LogP contribution in [0.15, 0.2) is 30.3 Å². The quantitative estimate of drug-likeness (QED) is 0.705. The van der Waals surface area contributed by atoms with E-state index >= 15 is 0 Å². The predicted molar refractivity (Wildman–Crippen MR) is 93.9 cm³/mol. The first-order valence-electron chi connectivity index (χ1n) is 7.58. The number of hydrogen-bond donors (Lipinski definition) is 0. The Kier molecular flexibility index (Phi) is 6.48. The number of para-hydroxylation sites is 1. The summed E-state index contributed by atoms with van der Waals surface area (Å²) in [5.74, 6) is 0.389. The molecule has 1 aromatic rings. The molecule has 1 aromatic carbocycles. The molecule has 1 saturated heterocycles. The maximum Gasteiger partial charge on any atom is 0.419 e. The lowest BCUT2D eigenvalue weighted by Crippen LogP contribution is -2.44. The van der Waals surface area contributed by atoms with Crippen molar-refractivity contribution in [1.29, 1.82) is 0 Å². The van der Waals surface area contributed by atoms with Gasteiger partial charge in [0, 0.05) is 31.7 Å². The molecule has 0 bridgehead atoms. The van der Waals surface area contributed by atoms with Crippen molar-refractivity contribution in [3.63, 3.8) is 0 Å². The summed E-state index contributed by atoms with van der Waals surface area (Å²) in [4.78, 5) is 27.5. The van der Waals surface area contributed by atoms with E-state index in [0.717, 1.165) is 25.1 Å². The number of carbonyl (C=O) groups is 2. The van der Waals surface area contributed by atoms with Crippen LogP contribution in [-0.4, -0.2) is 36.5 Å². The Morgan fingerprint density at radius 3 is 2.73 bits per heavy atom. The van der Waals surface area contributed by atoms with Crippen LogP contribution in [0.3, 0.4) is 0 Å². The van der Waals surface area contributed by atoms with Crippen LogP contribution >= 0.6 is 23.0 Å². The molecule has 0 radical (unpaired) electrons. The van der Waals surface area contributed by atoms with Crippen LogP contribution < -0.4 is 4.90 Å². The summed E-state index contributed by atoms with van der Waals surface area (Å²) in [5.41, 5.74) is 0.919. The van der Waals surface area contributed by atoms with Crippen LogP contribution in [0.25, 0.3) is 0 Å². The molecule has 1 aliphatic heterocycles. The van der Waals surface area contributed by atoms with Gasteiger partial charge in [-0.15, -0.1) is 0 Å². The number of benzene rings is 1. The molecular formula is C16H21IN2O3. The average molecular weight is 416 g/mol. The molecule has 2 rings (SSSR count). The molecule has 0 aromatic heterocycles. The molecule has 2 amide bonds. The topological polar surface area (TPSA) is 49.9 Å². The zero-order valence-electron chi connectivity index (χ0n) is 12.7. The van der Waals surface area contributed by atoms with E-state index in [1.807, 2.05) is 42.2 Å². The lowest BCUT2D eigenvalue weighted by molar-refractivity contribution is -0.118. The van der Waals surface area contributed by atoms with E-state index < -0.39 is 0 Å². The van der Waals surface area contributed by atoms with Gasteiger partial charge in [-0.1, -0.05) is 25.1 Å². The summed E-state index contributed by atoms with van der Waals surface area (Å²) in [5, 5.41) is 0. The Balaban J connectivity index is 2.07. The molecule has 5 nitrogen and oxygen atoms in total. The molecule has 0 aliphatic carbocycles. The molecule has 6 heteroatoms. The van der Waals surface area contributed by atoms with Crippen molar-refractivity contribution in [2.24, 2.45) is 5.92 Å². The highest BCUT2D eigenvalue weighted by Crippen LogP contribution is 2.23. The Labute approximate surface area is 145 Å². The average Bonchev–Trinajstić information content (AvgIpc) is 2.59. The molecular weight excluding hydrogens is 395 g/mol. The minimum atomic E-state index is -0.293. The zero-order chi connectivity index (χ0) is 15.9. The molecule has 22 heavy (non-hydrogen) atoms. The minimum Gasteiger partial charge on any atom is -0.378 e. The third-order valence-electron chi connectivity index (χ3n) is 3.96. The molecule has 1 fully saturated rings. The van der Waals surface area contributed by atoms with E-state index in [1.54, 1.807) is 27.9 Å². The van der Waals surface area contributed by atoms with Gasteiger partial charge in [0.05, 0.1) is 0 Å². The summed E-state index contributed by atoms with van der Waals surface area (Å²) in [7, 11) is 0. The van der Waals surface area contributed by atoms with E-state index in [4.69, 9.17) is 3.07 Å². The van der Waals surface area contributed by atoms with Crippen molar-refractivity contribution < 1.29 is 12.7 Å². The lowest BCUT2D eigenvalue weighted by atomic mass is 9.97. The fourth-order valence-electron chi connectivity index (χ4n) is 2.84. The summed E-state index contributed by atoms with van der Waals surface area (Å²) >= 11 is 1.62. The highest BCUT2D eigenvalue weighted by Gasteiger charge is 2.27. The number of rotatable bonds is 4. The van der Waals surface area contributed by atoms with E-state index in [9.17, 15) is 9.59 Å². The maximum absolute atomic E-state index is 12.3. The van der Waals surface area contributed by atoms with Gasteiger partial charge in [0.25, 0.3) is 0 Å². The first kappa shape index (κ1) is 17.1. The number of anilines is 1. The van der Waals surface area contributed by atoms with Crippen molar-refractivity contribution >= 4 is 40.7 Å². The van der Waals surface area contributed by atoms with Crippen molar-refractivity contribution in [3.8, 4) is 0 Å². The molecule has 1 heterocycles. The van der Waals surface area contributed by atoms with Crippen LogP contribution in [0.4, 0.5) is 10.5 Å². The SMILES string of the molecule is CCC(=O)N(CC1CCCN(C(=O)OI)C1)c1ccccc1. The van der Waals surface area contributed by atoms with Crippen LogP contribution in [0.2, 0.25) is 0 Å². The van der Waals surface area contributed by atoms with Crippen molar-refractivity contribution in [2.75, 3.05) is 24.5 Å². The number of likely N-dealkylation sites (tertiary alicyclic amines) is 1. The number of amides is 2. The van der Waals surface area contributed by atoms with Crippen molar-refractivity contribution in [2.45, 2.75) is 26.2 Å². The van der Waals surface area contributed by atoms with Crippen molar-refractivity contribution in [3.05, 3.63) is 30.3 Å². The summed E-state index contributed by atoms with van der Waals surface area (Å²) < 4.78 is 4.77. The van der Waals surface area contributed by atoms with Gasteiger partial charge in [0.2, 0.25) is 5.91 Å². The number of halogens is 1. The smallest absolute Gasteiger partial charge is 0.378 e. The second kappa shape index (κ2) is 8.36. The number of nitrogens with zero attached hydrogens (tertiary/aromatic N) is 2. The summed E-state index contributed by atoms with van der Waals surface area (Å²) in [6.45, 7) is 3.88. The summed E-state index contributed by atoms with van der Waals surface area (Å²) in [6.07, 6.45) is 2.14. The van der Waals surface area contributed by atoms with Crippen LogP contribution in [-0.2, 0) is 7.86 Å². The molecule has 0 saturated carbocycles. The minimum absolute atomic E-state index is 0.111. The Morgan fingerprint density at radius 2 is 2.09 bits per heavy atom. The van der Waals surface area contributed by atoms with Gasteiger partial charge in [0.15, 0.2) is 23.0 Å². The Morgan fingerprint density at radius 1 is 1.36 bits per heavy atom. The molecule has 120 valence electrons. The molecule has 1 atom stereocenters. The predicted octanol–water partition coefficient (Wildman–Crippen LogP) is 3.63. The van der Waals surface area contributed by atoms with Crippen LogP contribution in [0.1, 0.15) is 26.2 Å². The molecule has 1 unspecified atom stereocenters. The highest BCUT2D eigenvalue weighted by atomic mass is 127. The molecule has 0 N–H and O–H groups in total. The normalized spacial score (nSPS) is 17.9. The van der Waals surface area contributed by atoms with Gasteiger partial charge in [-0.25, -0.2) is 4.79 Å². The number of piperidine rings is 1. The first-order valence-corrected chi connectivity index (χ1v) is 8.46. The Hall–Kier alpha value is -1.31. The first-order chi connectivity index (χ1) is 10.7. The van der Waals surface area contributed by atoms with Crippen LogP contribution in [0.5, 0.6) is 0 Å². The highest BCUT2D eigenvalue weighted by molar-refractivity contribution is 14.1. The maximum atomic E-state index is 12.3. The van der Waals surface area contributed by atoms with Gasteiger partial charge >= 0.3 is 6.09 Å².